The molecule has 21 heavy (non-hydrogen) atoms. The Morgan fingerprint density at radius 2 is 1.90 bits per heavy atom. The summed E-state index contributed by atoms with van der Waals surface area (Å²) in [6.45, 7) is 3.23. The van der Waals surface area contributed by atoms with Crippen molar-refractivity contribution in [3.63, 3.8) is 0 Å². The van der Waals surface area contributed by atoms with E-state index in [0.29, 0.717) is 12.1 Å². The molecule has 0 spiro atoms. The van der Waals surface area contributed by atoms with Crippen molar-refractivity contribution in [2.24, 2.45) is 0 Å². The average molecular weight is 283 g/mol. The largest absolute Gasteiger partial charge is 0.336 e. The maximum atomic E-state index is 4.65. The number of hydrogen-bond donors (Lipinski definition) is 0. The Labute approximate surface area is 125 Å². The Bertz CT molecular complexity index is 599. The first-order valence-corrected chi connectivity index (χ1v) is 7.34. The zero-order chi connectivity index (χ0) is 14.8. The van der Waals surface area contributed by atoms with Crippen LogP contribution in [0, 0.1) is 0 Å². The molecule has 0 bridgehead atoms. The molecule has 0 amide bonds. The van der Waals surface area contributed by atoms with Gasteiger partial charge in [-0.25, -0.2) is 9.97 Å². The number of anilines is 1. The number of aromatic nitrogens is 3. The van der Waals surface area contributed by atoms with Crippen LogP contribution in [0.2, 0.25) is 0 Å². The van der Waals surface area contributed by atoms with Crippen molar-refractivity contribution in [1.82, 2.24) is 19.9 Å². The van der Waals surface area contributed by atoms with Crippen LogP contribution in [0.4, 0.5) is 5.95 Å². The van der Waals surface area contributed by atoms with Crippen molar-refractivity contribution < 1.29 is 0 Å². The van der Waals surface area contributed by atoms with Gasteiger partial charge in [0.1, 0.15) is 6.33 Å². The molecule has 1 aliphatic heterocycles. The van der Waals surface area contributed by atoms with Gasteiger partial charge < -0.3 is 9.80 Å². The molecule has 2 heterocycles. The topological polar surface area (TPSA) is 45.2 Å². The van der Waals surface area contributed by atoms with E-state index in [2.05, 4.69) is 45.8 Å². The molecule has 0 radical (unpaired) electrons. The number of hydrogen-bond acceptors (Lipinski definition) is 5. The molecule has 1 aromatic heterocycles. The average Bonchev–Trinajstić information content (AvgIpc) is 2.90. The summed E-state index contributed by atoms with van der Waals surface area (Å²) in [5, 5.41) is 0. The Morgan fingerprint density at radius 3 is 2.57 bits per heavy atom. The van der Waals surface area contributed by atoms with E-state index < -0.39 is 0 Å². The lowest BCUT2D eigenvalue weighted by Crippen LogP contribution is -2.40. The molecular formula is C16H21N5. The highest BCUT2D eigenvalue weighted by Crippen LogP contribution is 2.26. The lowest BCUT2D eigenvalue weighted by molar-refractivity contribution is 0.282. The third kappa shape index (κ3) is 2.74. The number of likely N-dealkylation sites (N-methyl/N-ethyl adjacent to an activating group) is 1. The highest BCUT2D eigenvalue weighted by Gasteiger charge is 2.33. The van der Waals surface area contributed by atoms with E-state index in [1.807, 2.05) is 30.3 Å². The van der Waals surface area contributed by atoms with Crippen LogP contribution in [0.15, 0.2) is 36.7 Å². The molecular weight excluding hydrogens is 262 g/mol. The van der Waals surface area contributed by atoms with E-state index in [-0.39, 0.29) is 0 Å². The number of nitrogens with zero attached hydrogens (tertiary/aromatic N) is 5. The van der Waals surface area contributed by atoms with Gasteiger partial charge in [0, 0.05) is 24.2 Å². The van der Waals surface area contributed by atoms with Crippen LogP contribution in [-0.2, 0) is 0 Å². The Balaban J connectivity index is 1.87. The molecule has 1 aromatic carbocycles. The maximum absolute atomic E-state index is 4.65. The minimum atomic E-state index is 0.408. The van der Waals surface area contributed by atoms with Crippen molar-refractivity contribution in [3.05, 3.63) is 36.7 Å². The molecule has 0 saturated carbocycles. The van der Waals surface area contributed by atoms with Gasteiger partial charge in [-0.05, 0) is 27.4 Å². The monoisotopic (exact) mass is 283 g/mol. The molecule has 3 rings (SSSR count). The van der Waals surface area contributed by atoms with Crippen molar-refractivity contribution in [1.29, 1.82) is 0 Å². The molecule has 2 aromatic rings. The summed E-state index contributed by atoms with van der Waals surface area (Å²) in [6, 6.07) is 11.0. The predicted molar refractivity (Wildman–Crippen MR) is 84.2 cm³/mol. The molecule has 1 saturated heterocycles. The zero-order valence-corrected chi connectivity index (χ0v) is 12.8. The van der Waals surface area contributed by atoms with E-state index in [1.54, 1.807) is 6.33 Å². The fourth-order valence-electron chi connectivity index (χ4n) is 3.05. The van der Waals surface area contributed by atoms with E-state index in [0.717, 1.165) is 30.3 Å². The first kappa shape index (κ1) is 13.9. The van der Waals surface area contributed by atoms with Crippen LogP contribution in [0.3, 0.4) is 0 Å². The van der Waals surface area contributed by atoms with Crippen molar-refractivity contribution >= 4 is 5.95 Å². The summed E-state index contributed by atoms with van der Waals surface area (Å²) < 4.78 is 0. The van der Waals surface area contributed by atoms with E-state index in [9.17, 15) is 0 Å². The van der Waals surface area contributed by atoms with E-state index >= 15 is 0 Å². The second-order valence-corrected chi connectivity index (χ2v) is 5.73. The first-order valence-electron chi connectivity index (χ1n) is 7.34. The summed E-state index contributed by atoms with van der Waals surface area (Å²) in [5.74, 6) is 1.52. The molecule has 5 heteroatoms. The summed E-state index contributed by atoms with van der Waals surface area (Å²) >= 11 is 0. The number of rotatable bonds is 3. The van der Waals surface area contributed by atoms with Crippen LogP contribution < -0.4 is 4.90 Å². The van der Waals surface area contributed by atoms with Crippen molar-refractivity contribution in [2.75, 3.05) is 25.5 Å². The van der Waals surface area contributed by atoms with Crippen LogP contribution in [0.25, 0.3) is 11.4 Å². The van der Waals surface area contributed by atoms with E-state index in [1.165, 1.54) is 0 Å². The standard InChI is InChI=1S/C16H21N5/c1-12-14(20(2)3)9-10-21(12)16-18-11-17-15(19-16)13-7-5-4-6-8-13/h4-8,11-12,14H,9-10H2,1-3H3. The highest BCUT2D eigenvalue weighted by atomic mass is 15.3. The van der Waals surface area contributed by atoms with Gasteiger partial charge >= 0.3 is 0 Å². The van der Waals surface area contributed by atoms with E-state index in [4.69, 9.17) is 0 Å². The SMILES string of the molecule is CC1C(N(C)C)CCN1c1ncnc(-c2ccccc2)n1. The van der Waals surface area contributed by atoms with Gasteiger partial charge in [0.15, 0.2) is 5.82 Å². The Kier molecular flexibility index (Phi) is 3.84. The van der Waals surface area contributed by atoms with Crippen LogP contribution in [0.5, 0.6) is 0 Å². The quantitative estimate of drug-likeness (QED) is 0.863. The molecule has 2 atom stereocenters. The van der Waals surface area contributed by atoms with Crippen LogP contribution in [0.1, 0.15) is 13.3 Å². The molecule has 1 aliphatic rings. The summed E-state index contributed by atoms with van der Waals surface area (Å²) in [6.07, 6.45) is 2.75. The molecule has 2 unspecified atom stereocenters. The lowest BCUT2D eigenvalue weighted by Gasteiger charge is -2.28. The zero-order valence-electron chi connectivity index (χ0n) is 12.8. The molecule has 5 nitrogen and oxygen atoms in total. The second kappa shape index (κ2) is 5.77. The third-order valence-corrected chi connectivity index (χ3v) is 4.23. The van der Waals surface area contributed by atoms with Gasteiger partial charge in [0.05, 0.1) is 0 Å². The highest BCUT2D eigenvalue weighted by molar-refractivity contribution is 5.55. The Morgan fingerprint density at radius 1 is 1.14 bits per heavy atom. The van der Waals surface area contributed by atoms with Gasteiger partial charge in [-0.15, -0.1) is 0 Å². The third-order valence-electron chi connectivity index (χ3n) is 4.23. The summed E-state index contributed by atoms with van der Waals surface area (Å²) in [4.78, 5) is 17.9. The van der Waals surface area contributed by atoms with Crippen LogP contribution in [-0.4, -0.2) is 52.6 Å². The van der Waals surface area contributed by atoms with Crippen LogP contribution >= 0.6 is 0 Å². The minimum absolute atomic E-state index is 0.408. The molecule has 0 N–H and O–H groups in total. The van der Waals surface area contributed by atoms with Gasteiger partial charge in [0.25, 0.3) is 0 Å². The predicted octanol–water partition coefficient (Wildman–Crippen LogP) is 2.07. The maximum Gasteiger partial charge on any atom is 0.229 e. The minimum Gasteiger partial charge on any atom is -0.336 e. The van der Waals surface area contributed by atoms with Gasteiger partial charge in [-0.2, -0.15) is 4.98 Å². The second-order valence-electron chi connectivity index (χ2n) is 5.73. The summed E-state index contributed by atoms with van der Waals surface area (Å²) in [5.41, 5.74) is 1.03. The Hall–Kier alpha value is -2.01. The normalized spacial score (nSPS) is 22.0. The lowest BCUT2D eigenvalue weighted by atomic mass is 10.1. The fourth-order valence-corrected chi connectivity index (χ4v) is 3.05. The van der Waals surface area contributed by atoms with Gasteiger partial charge in [-0.1, -0.05) is 30.3 Å². The summed E-state index contributed by atoms with van der Waals surface area (Å²) in [7, 11) is 4.26. The van der Waals surface area contributed by atoms with Crippen molar-refractivity contribution in [3.8, 4) is 11.4 Å². The molecule has 1 fully saturated rings. The number of benzene rings is 1. The molecule has 110 valence electrons. The molecule has 0 aliphatic carbocycles. The fraction of sp³-hybridized carbons (Fsp3) is 0.438. The first-order chi connectivity index (χ1) is 10.2. The smallest absolute Gasteiger partial charge is 0.229 e. The van der Waals surface area contributed by atoms with Crippen molar-refractivity contribution in [2.45, 2.75) is 25.4 Å². The van der Waals surface area contributed by atoms with Gasteiger partial charge in [-0.3, -0.25) is 0 Å². The van der Waals surface area contributed by atoms with Gasteiger partial charge in [0.2, 0.25) is 5.95 Å².